The molecule has 0 aliphatic rings. The van der Waals surface area contributed by atoms with Crippen LogP contribution in [0.4, 0.5) is 5.69 Å². The van der Waals surface area contributed by atoms with Crippen molar-refractivity contribution in [2.45, 2.75) is 19.9 Å². The minimum absolute atomic E-state index is 0.650. The summed E-state index contributed by atoms with van der Waals surface area (Å²) >= 11 is 0. The van der Waals surface area contributed by atoms with Crippen LogP contribution in [0.25, 0.3) is 11.3 Å². The van der Waals surface area contributed by atoms with Gasteiger partial charge in [0.25, 0.3) is 0 Å². The summed E-state index contributed by atoms with van der Waals surface area (Å²) in [4.78, 5) is 0. The van der Waals surface area contributed by atoms with Crippen LogP contribution in [0.2, 0.25) is 0 Å². The zero-order chi connectivity index (χ0) is 13.8. The molecule has 1 heterocycles. The zero-order valence-corrected chi connectivity index (χ0v) is 11.5. The molecule has 0 radical (unpaired) electrons. The first-order chi connectivity index (χ1) is 9.19. The Morgan fingerprint density at radius 1 is 1.26 bits per heavy atom. The molecule has 5 heteroatoms. The summed E-state index contributed by atoms with van der Waals surface area (Å²) in [6, 6.07) is 5.61. The maximum absolute atomic E-state index is 6.03. The molecule has 0 bridgehead atoms. The molecule has 19 heavy (non-hydrogen) atoms. The van der Waals surface area contributed by atoms with E-state index in [1.807, 2.05) is 29.1 Å². The van der Waals surface area contributed by atoms with Crippen LogP contribution in [-0.4, -0.2) is 24.0 Å². The van der Waals surface area contributed by atoms with Crippen molar-refractivity contribution in [3.8, 4) is 22.8 Å². The second kappa shape index (κ2) is 5.65. The fraction of sp³-hybridized carbons (Fsp3) is 0.357. The number of nitrogens with two attached hydrogens (primary N) is 1. The Balaban J connectivity index is 2.45. The third-order valence-electron chi connectivity index (χ3n) is 2.91. The Morgan fingerprint density at radius 2 is 2.05 bits per heavy atom. The van der Waals surface area contributed by atoms with Crippen LogP contribution < -0.4 is 15.2 Å². The summed E-state index contributed by atoms with van der Waals surface area (Å²) in [7, 11) is 3.25. The average molecular weight is 261 g/mol. The van der Waals surface area contributed by atoms with Gasteiger partial charge in [-0.1, -0.05) is 6.92 Å². The molecule has 1 aromatic carbocycles. The average Bonchev–Trinajstić information content (AvgIpc) is 2.79. The van der Waals surface area contributed by atoms with Crippen LogP contribution in [0.3, 0.4) is 0 Å². The fourth-order valence-corrected chi connectivity index (χ4v) is 1.98. The topological polar surface area (TPSA) is 62.3 Å². The number of benzene rings is 1. The first kappa shape index (κ1) is 13.3. The molecule has 0 fully saturated rings. The number of aryl methyl sites for hydroxylation is 1. The third-order valence-corrected chi connectivity index (χ3v) is 2.91. The lowest BCUT2D eigenvalue weighted by molar-refractivity contribution is 0.395. The van der Waals surface area contributed by atoms with Crippen molar-refractivity contribution in [3.05, 3.63) is 24.4 Å². The molecule has 0 saturated carbocycles. The Morgan fingerprint density at radius 3 is 2.68 bits per heavy atom. The molecule has 5 nitrogen and oxygen atoms in total. The number of anilines is 1. The van der Waals surface area contributed by atoms with Crippen LogP contribution in [0.5, 0.6) is 11.5 Å². The summed E-state index contributed by atoms with van der Waals surface area (Å²) in [6.45, 7) is 2.95. The predicted octanol–water partition coefficient (Wildman–Crippen LogP) is 2.56. The van der Waals surface area contributed by atoms with Crippen molar-refractivity contribution in [2.24, 2.45) is 0 Å². The van der Waals surface area contributed by atoms with Gasteiger partial charge in [-0.05, 0) is 18.6 Å². The lowest BCUT2D eigenvalue weighted by Gasteiger charge is -2.09. The van der Waals surface area contributed by atoms with Crippen LogP contribution in [0.15, 0.2) is 24.4 Å². The Kier molecular flexibility index (Phi) is 3.94. The number of ether oxygens (including phenoxy) is 2. The Hall–Kier alpha value is -2.17. The SMILES string of the molecule is CCCn1cc(N)c(-c2ccc(OC)cc2OC)n1. The van der Waals surface area contributed by atoms with Crippen molar-refractivity contribution < 1.29 is 9.47 Å². The number of nitrogen functional groups attached to an aromatic ring is 1. The molecule has 0 unspecified atom stereocenters. The Bertz CT molecular complexity index is 564. The summed E-state index contributed by atoms with van der Waals surface area (Å²) in [5.74, 6) is 1.44. The van der Waals surface area contributed by atoms with E-state index in [-0.39, 0.29) is 0 Å². The van der Waals surface area contributed by atoms with Gasteiger partial charge in [0.2, 0.25) is 0 Å². The summed E-state index contributed by atoms with van der Waals surface area (Å²) in [6.07, 6.45) is 2.86. The van der Waals surface area contributed by atoms with E-state index in [9.17, 15) is 0 Å². The highest BCUT2D eigenvalue weighted by Gasteiger charge is 2.14. The van der Waals surface area contributed by atoms with Crippen molar-refractivity contribution in [1.82, 2.24) is 9.78 Å². The normalized spacial score (nSPS) is 10.5. The van der Waals surface area contributed by atoms with E-state index in [2.05, 4.69) is 12.0 Å². The third kappa shape index (κ3) is 2.65. The van der Waals surface area contributed by atoms with E-state index in [1.54, 1.807) is 14.2 Å². The number of aromatic nitrogens is 2. The monoisotopic (exact) mass is 261 g/mol. The van der Waals surface area contributed by atoms with Gasteiger partial charge in [-0.25, -0.2) is 0 Å². The standard InChI is InChI=1S/C14H19N3O2/c1-4-7-17-9-12(15)14(16-17)11-6-5-10(18-2)8-13(11)19-3/h5-6,8-9H,4,7,15H2,1-3H3. The van der Waals surface area contributed by atoms with Gasteiger partial charge >= 0.3 is 0 Å². The molecule has 0 atom stereocenters. The Labute approximate surface area is 112 Å². The highest BCUT2D eigenvalue weighted by molar-refractivity contribution is 5.77. The molecule has 2 N–H and O–H groups in total. The number of hydrogen-bond donors (Lipinski definition) is 1. The van der Waals surface area contributed by atoms with E-state index in [0.717, 1.165) is 30.0 Å². The molecule has 0 amide bonds. The second-order valence-electron chi connectivity index (χ2n) is 4.26. The minimum atomic E-state index is 0.650. The van der Waals surface area contributed by atoms with Crippen LogP contribution in [0, 0.1) is 0 Å². The molecule has 2 rings (SSSR count). The highest BCUT2D eigenvalue weighted by atomic mass is 16.5. The van der Waals surface area contributed by atoms with Gasteiger partial charge in [0.15, 0.2) is 0 Å². The van der Waals surface area contributed by atoms with Gasteiger partial charge < -0.3 is 15.2 Å². The van der Waals surface area contributed by atoms with Gasteiger partial charge in [-0.15, -0.1) is 0 Å². The van der Waals surface area contributed by atoms with Crippen molar-refractivity contribution >= 4 is 5.69 Å². The minimum Gasteiger partial charge on any atom is -0.497 e. The fourth-order valence-electron chi connectivity index (χ4n) is 1.98. The van der Waals surface area contributed by atoms with Gasteiger partial charge in [0.05, 0.1) is 19.9 Å². The van der Waals surface area contributed by atoms with Crippen molar-refractivity contribution in [3.63, 3.8) is 0 Å². The van der Waals surface area contributed by atoms with Gasteiger partial charge in [0.1, 0.15) is 17.2 Å². The maximum atomic E-state index is 6.03. The van der Waals surface area contributed by atoms with E-state index in [4.69, 9.17) is 15.2 Å². The first-order valence-electron chi connectivity index (χ1n) is 6.25. The van der Waals surface area contributed by atoms with Gasteiger partial charge in [-0.3, -0.25) is 4.68 Å². The van der Waals surface area contributed by atoms with Gasteiger partial charge in [-0.2, -0.15) is 5.10 Å². The molecule has 0 spiro atoms. The number of methoxy groups -OCH3 is 2. The molecule has 0 aliphatic carbocycles. The van der Waals surface area contributed by atoms with Crippen molar-refractivity contribution in [2.75, 3.05) is 20.0 Å². The van der Waals surface area contributed by atoms with E-state index >= 15 is 0 Å². The largest absolute Gasteiger partial charge is 0.497 e. The second-order valence-corrected chi connectivity index (χ2v) is 4.26. The molecular weight excluding hydrogens is 242 g/mol. The van der Waals surface area contributed by atoms with Crippen LogP contribution in [0.1, 0.15) is 13.3 Å². The van der Waals surface area contributed by atoms with Gasteiger partial charge in [0, 0.05) is 24.4 Å². The van der Waals surface area contributed by atoms with Crippen LogP contribution >= 0.6 is 0 Å². The van der Waals surface area contributed by atoms with Crippen LogP contribution in [-0.2, 0) is 6.54 Å². The molecule has 0 aliphatic heterocycles. The first-order valence-corrected chi connectivity index (χ1v) is 6.25. The van der Waals surface area contributed by atoms with E-state index in [0.29, 0.717) is 11.4 Å². The predicted molar refractivity (Wildman–Crippen MR) is 75.5 cm³/mol. The number of nitrogens with zero attached hydrogens (tertiary/aromatic N) is 2. The van der Waals surface area contributed by atoms with Crippen molar-refractivity contribution in [1.29, 1.82) is 0 Å². The molecular formula is C14H19N3O2. The molecule has 102 valence electrons. The maximum Gasteiger partial charge on any atom is 0.132 e. The summed E-state index contributed by atoms with van der Waals surface area (Å²) in [5.41, 5.74) is 8.29. The van der Waals surface area contributed by atoms with E-state index < -0.39 is 0 Å². The summed E-state index contributed by atoms with van der Waals surface area (Å²) < 4.78 is 12.4. The highest BCUT2D eigenvalue weighted by Crippen LogP contribution is 2.35. The number of rotatable bonds is 5. The quantitative estimate of drug-likeness (QED) is 0.898. The van der Waals surface area contributed by atoms with E-state index in [1.165, 1.54) is 0 Å². The smallest absolute Gasteiger partial charge is 0.132 e. The molecule has 2 aromatic rings. The number of hydrogen-bond acceptors (Lipinski definition) is 4. The lowest BCUT2D eigenvalue weighted by Crippen LogP contribution is -1.97. The lowest BCUT2D eigenvalue weighted by atomic mass is 10.1. The molecule has 0 saturated heterocycles. The zero-order valence-electron chi connectivity index (χ0n) is 11.5. The molecule has 1 aromatic heterocycles. The summed E-state index contributed by atoms with van der Waals surface area (Å²) in [5, 5.41) is 4.50.